The Labute approximate surface area is 58.1 Å². The second-order valence-corrected chi connectivity index (χ2v) is 2.16. The fourth-order valence-electron chi connectivity index (χ4n) is 0.679. The van der Waals surface area contributed by atoms with Crippen molar-refractivity contribution in [2.24, 2.45) is 0 Å². The first kappa shape index (κ1) is 7.05. The molecule has 56 valence electrons. The standard InChI is InChI=1S/C6H8O4/c1-4-3-9-5(7)2-6(8)10-4/h4H,2-3H2,1H3. The lowest BCUT2D eigenvalue weighted by Crippen LogP contribution is -2.14. The predicted molar refractivity (Wildman–Crippen MR) is 31.1 cm³/mol. The minimum absolute atomic E-state index is 0.171. The average Bonchev–Trinajstić information content (AvgIpc) is 1.93. The lowest BCUT2D eigenvalue weighted by molar-refractivity contribution is -0.148. The van der Waals surface area contributed by atoms with Crippen LogP contribution in [0.25, 0.3) is 0 Å². The van der Waals surface area contributed by atoms with Gasteiger partial charge in [-0.05, 0) is 6.92 Å². The Hall–Kier alpha value is -1.06. The molecule has 1 atom stereocenters. The van der Waals surface area contributed by atoms with Crippen LogP contribution in [0.3, 0.4) is 0 Å². The van der Waals surface area contributed by atoms with E-state index in [1.54, 1.807) is 6.92 Å². The molecule has 1 aliphatic heterocycles. The topological polar surface area (TPSA) is 52.6 Å². The minimum Gasteiger partial charge on any atom is -0.461 e. The van der Waals surface area contributed by atoms with E-state index in [0.717, 1.165) is 0 Å². The third-order valence-electron chi connectivity index (χ3n) is 1.10. The molecule has 0 aliphatic carbocycles. The molecule has 0 aromatic rings. The first-order valence-electron chi connectivity index (χ1n) is 3.03. The Morgan fingerprint density at radius 3 is 2.80 bits per heavy atom. The van der Waals surface area contributed by atoms with E-state index in [1.807, 2.05) is 0 Å². The van der Waals surface area contributed by atoms with Gasteiger partial charge >= 0.3 is 11.9 Å². The highest BCUT2D eigenvalue weighted by molar-refractivity contribution is 5.91. The third kappa shape index (κ3) is 1.72. The molecule has 0 amide bonds. The number of hydrogen-bond donors (Lipinski definition) is 0. The third-order valence-corrected chi connectivity index (χ3v) is 1.10. The monoisotopic (exact) mass is 144 g/mol. The van der Waals surface area contributed by atoms with Gasteiger partial charge in [0, 0.05) is 0 Å². The quantitative estimate of drug-likeness (QED) is 0.351. The maximum atomic E-state index is 10.6. The van der Waals surface area contributed by atoms with E-state index >= 15 is 0 Å². The molecular weight excluding hydrogens is 136 g/mol. The fraction of sp³-hybridized carbons (Fsp3) is 0.667. The zero-order valence-electron chi connectivity index (χ0n) is 5.62. The van der Waals surface area contributed by atoms with Crippen molar-refractivity contribution in [1.82, 2.24) is 0 Å². The van der Waals surface area contributed by atoms with Crippen LogP contribution < -0.4 is 0 Å². The van der Waals surface area contributed by atoms with Crippen LogP contribution in [0, 0.1) is 0 Å². The van der Waals surface area contributed by atoms with Crippen LogP contribution in [0.4, 0.5) is 0 Å². The largest absolute Gasteiger partial charge is 0.461 e. The molecule has 1 aliphatic rings. The number of esters is 2. The van der Waals surface area contributed by atoms with E-state index in [0.29, 0.717) is 0 Å². The van der Waals surface area contributed by atoms with Gasteiger partial charge in [0.25, 0.3) is 0 Å². The highest BCUT2D eigenvalue weighted by Gasteiger charge is 2.20. The normalized spacial score (nSPS) is 26.7. The fourth-order valence-corrected chi connectivity index (χ4v) is 0.679. The summed E-state index contributed by atoms with van der Waals surface area (Å²) in [5.74, 6) is -1.01. The Morgan fingerprint density at radius 1 is 1.40 bits per heavy atom. The number of rotatable bonds is 0. The van der Waals surface area contributed by atoms with Crippen molar-refractivity contribution in [3.63, 3.8) is 0 Å². The van der Waals surface area contributed by atoms with Crippen LogP contribution in [0.15, 0.2) is 0 Å². The van der Waals surface area contributed by atoms with Crippen LogP contribution >= 0.6 is 0 Å². The van der Waals surface area contributed by atoms with Crippen molar-refractivity contribution >= 4 is 11.9 Å². The van der Waals surface area contributed by atoms with Crippen LogP contribution in [-0.2, 0) is 19.1 Å². The van der Waals surface area contributed by atoms with Gasteiger partial charge in [0.1, 0.15) is 19.1 Å². The summed E-state index contributed by atoms with van der Waals surface area (Å²) in [6, 6.07) is 0. The zero-order valence-corrected chi connectivity index (χ0v) is 5.62. The van der Waals surface area contributed by atoms with Crippen LogP contribution in [0.2, 0.25) is 0 Å². The Balaban J connectivity index is 2.54. The number of cyclic esters (lactones) is 2. The van der Waals surface area contributed by atoms with Gasteiger partial charge in [-0.15, -0.1) is 0 Å². The predicted octanol–water partition coefficient (Wildman–Crippen LogP) is -0.135. The molecule has 10 heavy (non-hydrogen) atoms. The smallest absolute Gasteiger partial charge is 0.317 e. The van der Waals surface area contributed by atoms with Gasteiger partial charge in [-0.25, -0.2) is 0 Å². The molecule has 0 aromatic carbocycles. The zero-order chi connectivity index (χ0) is 7.56. The van der Waals surface area contributed by atoms with Gasteiger partial charge in [0.05, 0.1) is 0 Å². The second-order valence-electron chi connectivity index (χ2n) is 2.16. The molecule has 0 radical (unpaired) electrons. The van der Waals surface area contributed by atoms with Gasteiger partial charge in [0.2, 0.25) is 0 Å². The Bertz CT molecular complexity index is 163. The molecule has 0 N–H and O–H groups in total. The molecule has 1 rings (SSSR count). The maximum Gasteiger partial charge on any atom is 0.317 e. The van der Waals surface area contributed by atoms with Crippen LogP contribution in [0.1, 0.15) is 13.3 Å². The molecule has 0 saturated carbocycles. The second kappa shape index (κ2) is 2.68. The van der Waals surface area contributed by atoms with Gasteiger partial charge in [0.15, 0.2) is 0 Å². The molecule has 0 spiro atoms. The summed E-state index contributed by atoms with van der Waals surface area (Å²) in [7, 11) is 0. The van der Waals surface area contributed by atoms with Crippen molar-refractivity contribution in [3.05, 3.63) is 0 Å². The van der Waals surface area contributed by atoms with E-state index in [4.69, 9.17) is 4.74 Å². The molecule has 0 bridgehead atoms. The molecule has 1 fully saturated rings. The van der Waals surface area contributed by atoms with Crippen molar-refractivity contribution < 1.29 is 19.1 Å². The van der Waals surface area contributed by atoms with E-state index in [1.165, 1.54) is 0 Å². The summed E-state index contributed by atoms with van der Waals surface area (Å²) in [6.45, 7) is 1.85. The summed E-state index contributed by atoms with van der Waals surface area (Å²) < 4.78 is 9.30. The summed E-state index contributed by atoms with van der Waals surface area (Å²) in [5, 5.41) is 0. The van der Waals surface area contributed by atoms with Crippen molar-refractivity contribution in [2.75, 3.05) is 6.61 Å². The van der Waals surface area contributed by atoms with E-state index in [-0.39, 0.29) is 19.1 Å². The Morgan fingerprint density at radius 2 is 2.10 bits per heavy atom. The van der Waals surface area contributed by atoms with Gasteiger partial charge in [-0.3, -0.25) is 9.59 Å². The number of ether oxygens (including phenoxy) is 2. The molecule has 4 heteroatoms. The van der Waals surface area contributed by atoms with Crippen LogP contribution in [0.5, 0.6) is 0 Å². The summed E-state index contributed by atoms with van der Waals surface area (Å²) in [4.78, 5) is 21.1. The lowest BCUT2D eigenvalue weighted by Gasteiger charge is -2.05. The molecular formula is C6H8O4. The molecule has 1 unspecified atom stereocenters. The number of hydrogen-bond acceptors (Lipinski definition) is 4. The van der Waals surface area contributed by atoms with E-state index < -0.39 is 11.9 Å². The van der Waals surface area contributed by atoms with E-state index in [9.17, 15) is 9.59 Å². The SMILES string of the molecule is CC1COC(=O)CC(=O)O1. The van der Waals surface area contributed by atoms with Gasteiger partial charge in [-0.2, -0.15) is 0 Å². The van der Waals surface area contributed by atoms with Crippen molar-refractivity contribution in [1.29, 1.82) is 0 Å². The van der Waals surface area contributed by atoms with Crippen LogP contribution in [-0.4, -0.2) is 24.6 Å². The maximum absolute atomic E-state index is 10.6. The first-order valence-corrected chi connectivity index (χ1v) is 3.03. The number of carbonyl (C=O) groups is 2. The van der Waals surface area contributed by atoms with Gasteiger partial charge in [-0.1, -0.05) is 0 Å². The molecule has 4 nitrogen and oxygen atoms in total. The minimum atomic E-state index is -0.505. The molecule has 0 aromatic heterocycles. The summed E-state index contributed by atoms with van der Waals surface area (Å²) >= 11 is 0. The Kier molecular flexibility index (Phi) is 1.89. The summed E-state index contributed by atoms with van der Waals surface area (Å²) in [5.41, 5.74) is 0. The first-order chi connectivity index (χ1) is 4.68. The lowest BCUT2D eigenvalue weighted by atomic mass is 10.4. The van der Waals surface area contributed by atoms with Gasteiger partial charge < -0.3 is 9.47 Å². The van der Waals surface area contributed by atoms with E-state index in [2.05, 4.69) is 4.74 Å². The molecule has 1 heterocycles. The molecule has 1 saturated heterocycles. The highest BCUT2D eigenvalue weighted by Crippen LogP contribution is 2.02. The van der Waals surface area contributed by atoms with Crippen molar-refractivity contribution in [3.8, 4) is 0 Å². The number of carbonyl (C=O) groups excluding carboxylic acids is 2. The average molecular weight is 144 g/mol. The van der Waals surface area contributed by atoms with Crippen molar-refractivity contribution in [2.45, 2.75) is 19.4 Å². The summed E-state index contributed by atoms with van der Waals surface area (Å²) in [6.07, 6.45) is -0.566. The highest BCUT2D eigenvalue weighted by atomic mass is 16.6.